The van der Waals surface area contributed by atoms with Crippen molar-refractivity contribution in [3.8, 4) is 0 Å². The zero-order chi connectivity index (χ0) is 13.3. The van der Waals surface area contributed by atoms with Crippen molar-refractivity contribution in [1.82, 2.24) is 10.2 Å². The van der Waals surface area contributed by atoms with E-state index in [0.29, 0.717) is 11.1 Å². The highest BCUT2D eigenvalue weighted by atomic mass is 15.3. The first-order valence-electron chi connectivity index (χ1n) is 8.69. The van der Waals surface area contributed by atoms with Gasteiger partial charge in [0.15, 0.2) is 0 Å². The van der Waals surface area contributed by atoms with Crippen LogP contribution < -0.4 is 5.32 Å². The molecule has 0 amide bonds. The van der Waals surface area contributed by atoms with E-state index in [1.165, 1.54) is 77.4 Å². The van der Waals surface area contributed by atoms with Crippen LogP contribution in [-0.2, 0) is 0 Å². The minimum absolute atomic E-state index is 0.456. The van der Waals surface area contributed by atoms with E-state index in [-0.39, 0.29) is 0 Å². The number of rotatable bonds is 4. The van der Waals surface area contributed by atoms with Crippen molar-refractivity contribution in [1.29, 1.82) is 0 Å². The highest BCUT2D eigenvalue weighted by molar-refractivity contribution is 5.09. The molecule has 1 heterocycles. The van der Waals surface area contributed by atoms with E-state index < -0.39 is 0 Å². The quantitative estimate of drug-likeness (QED) is 0.835. The SMILES string of the molecule is CCCCN1CC2(CCCCC2)NCC1(C)C1CC1. The molecule has 1 saturated heterocycles. The van der Waals surface area contributed by atoms with E-state index >= 15 is 0 Å². The molecule has 1 N–H and O–H groups in total. The third-order valence-electron chi connectivity index (χ3n) is 6.09. The molecular formula is C17H32N2. The molecule has 0 aromatic rings. The average Bonchev–Trinajstić information content (AvgIpc) is 3.26. The molecule has 0 aromatic heterocycles. The maximum absolute atomic E-state index is 4.01. The van der Waals surface area contributed by atoms with E-state index in [4.69, 9.17) is 0 Å². The van der Waals surface area contributed by atoms with Crippen molar-refractivity contribution in [2.45, 2.75) is 82.7 Å². The molecule has 2 aliphatic carbocycles. The Labute approximate surface area is 119 Å². The minimum Gasteiger partial charge on any atom is -0.308 e. The molecule has 2 saturated carbocycles. The average molecular weight is 264 g/mol. The normalized spacial score (nSPS) is 35.7. The Bertz CT molecular complexity index is 304. The van der Waals surface area contributed by atoms with E-state index in [0.717, 1.165) is 5.92 Å². The van der Waals surface area contributed by atoms with Gasteiger partial charge in [0.1, 0.15) is 0 Å². The van der Waals surface area contributed by atoms with Crippen LogP contribution in [-0.4, -0.2) is 35.6 Å². The molecule has 0 aromatic carbocycles. The molecule has 0 radical (unpaired) electrons. The zero-order valence-corrected chi connectivity index (χ0v) is 13.0. The van der Waals surface area contributed by atoms with E-state index in [1.54, 1.807) is 0 Å². The Hall–Kier alpha value is -0.0800. The smallest absolute Gasteiger partial charge is 0.0334 e. The molecule has 2 heteroatoms. The molecule has 1 unspecified atom stereocenters. The lowest BCUT2D eigenvalue weighted by Gasteiger charge is -2.55. The first-order chi connectivity index (χ1) is 9.19. The van der Waals surface area contributed by atoms with Crippen molar-refractivity contribution < 1.29 is 0 Å². The van der Waals surface area contributed by atoms with E-state index in [9.17, 15) is 0 Å². The summed E-state index contributed by atoms with van der Waals surface area (Å²) < 4.78 is 0. The van der Waals surface area contributed by atoms with Gasteiger partial charge in [0.05, 0.1) is 0 Å². The van der Waals surface area contributed by atoms with Gasteiger partial charge in [-0.3, -0.25) is 4.90 Å². The molecule has 0 bridgehead atoms. The Morgan fingerprint density at radius 3 is 2.53 bits per heavy atom. The van der Waals surface area contributed by atoms with E-state index in [2.05, 4.69) is 24.1 Å². The Morgan fingerprint density at radius 1 is 1.16 bits per heavy atom. The van der Waals surface area contributed by atoms with Crippen molar-refractivity contribution in [2.24, 2.45) is 5.92 Å². The molecule has 1 aliphatic heterocycles. The van der Waals surface area contributed by atoms with Crippen LogP contribution in [0.25, 0.3) is 0 Å². The summed E-state index contributed by atoms with van der Waals surface area (Å²) in [6, 6.07) is 0. The lowest BCUT2D eigenvalue weighted by atomic mass is 9.76. The zero-order valence-electron chi connectivity index (χ0n) is 13.0. The molecule has 3 aliphatic rings. The predicted octanol–water partition coefficient (Wildman–Crippen LogP) is 3.56. The van der Waals surface area contributed by atoms with Crippen molar-refractivity contribution in [3.05, 3.63) is 0 Å². The fraction of sp³-hybridized carbons (Fsp3) is 1.00. The first-order valence-corrected chi connectivity index (χ1v) is 8.69. The minimum atomic E-state index is 0.456. The van der Waals surface area contributed by atoms with Gasteiger partial charge in [-0.25, -0.2) is 0 Å². The van der Waals surface area contributed by atoms with Crippen molar-refractivity contribution in [2.75, 3.05) is 19.6 Å². The number of unbranched alkanes of at least 4 members (excludes halogenated alkanes) is 1. The van der Waals surface area contributed by atoms with Crippen molar-refractivity contribution in [3.63, 3.8) is 0 Å². The van der Waals surface area contributed by atoms with Crippen molar-refractivity contribution >= 4 is 0 Å². The summed E-state index contributed by atoms with van der Waals surface area (Å²) in [5.41, 5.74) is 0.929. The van der Waals surface area contributed by atoms with Gasteiger partial charge >= 0.3 is 0 Å². The van der Waals surface area contributed by atoms with Gasteiger partial charge in [-0.2, -0.15) is 0 Å². The fourth-order valence-corrected chi connectivity index (χ4v) is 4.43. The van der Waals surface area contributed by atoms with Gasteiger partial charge in [-0.05, 0) is 51.5 Å². The number of nitrogens with one attached hydrogen (secondary N) is 1. The predicted molar refractivity (Wildman–Crippen MR) is 81.4 cm³/mol. The van der Waals surface area contributed by atoms with Gasteiger partial charge in [0.2, 0.25) is 0 Å². The van der Waals surface area contributed by atoms with Gasteiger partial charge in [0.25, 0.3) is 0 Å². The standard InChI is InChI=1S/C17H32N2/c1-3-4-12-19-14-17(10-6-5-7-11-17)18-13-16(19,2)15-8-9-15/h15,18H,3-14H2,1-2H3. The molecule has 1 atom stereocenters. The molecule has 19 heavy (non-hydrogen) atoms. The van der Waals surface area contributed by atoms with Gasteiger partial charge in [-0.1, -0.05) is 32.6 Å². The summed E-state index contributed by atoms with van der Waals surface area (Å²) in [4.78, 5) is 2.88. The molecule has 3 rings (SSSR count). The maximum atomic E-state index is 4.01. The maximum Gasteiger partial charge on any atom is 0.0334 e. The monoisotopic (exact) mass is 264 g/mol. The lowest BCUT2D eigenvalue weighted by molar-refractivity contribution is -0.0124. The second-order valence-electron chi connectivity index (χ2n) is 7.60. The van der Waals surface area contributed by atoms with Gasteiger partial charge in [-0.15, -0.1) is 0 Å². The summed E-state index contributed by atoms with van der Waals surface area (Å²) >= 11 is 0. The molecule has 2 nitrogen and oxygen atoms in total. The summed E-state index contributed by atoms with van der Waals surface area (Å²) in [5, 5.41) is 4.01. The summed E-state index contributed by atoms with van der Waals surface area (Å²) in [7, 11) is 0. The number of hydrogen-bond acceptors (Lipinski definition) is 2. The number of piperazine rings is 1. The van der Waals surface area contributed by atoms with Crippen LogP contribution in [0.4, 0.5) is 0 Å². The topological polar surface area (TPSA) is 15.3 Å². The van der Waals surface area contributed by atoms with Crippen LogP contribution in [0.5, 0.6) is 0 Å². The van der Waals surface area contributed by atoms with Crippen LogP contribution in [0.2, 0.25) is 0 Å². The van der Waals surface area contributed by atoms with Crippen LogP contribution in [0.1, 0.15) is 71.6 Å². The number of hydrogen-bond donors (Lipinski definition) is 1. The molecule has 1 spiro atoms. The Morgan fingerprint density at radius 2 is 1.89 bits per heavy atom. The summed E-state index contributed by atoms with van der Waals surface area (Å²) in [6.07, 6.45) is 12.8. The second kappa shape index (κ2) is 5.37. The third kappa shape index (κ3) is 2.71. The molecule has 110 valence electrons. The summed E-state index contributed by atoms with van der Waals surface area (Å²) in [6.45, 7) is 8.74. The fourth-order valence-electron chi connectivity index (χ4n) is 4.43. The Balaban J connectivity index is 1.71. The molecule has 3 fully saturated rings. The van der Waals surface area contributed by atoms with E-state index in [1.807, 2.05) is 0 Å². The lowest BCUT2D eigenvalue weighted by Crippen LogP contribution is -2.70. The van der Waals surface area contributed by atoms with Crippen LogP contribution in [0.15, 0.2) is 0 Å². The first kappa shape index (κ1) is 13.9. The third-order valence-corrected chi connectivity index (χ3v) is 6.09. The van der Waals surface area contributed by atoms with Crippen LogP contribution >= 0.6 is 0 Å². The largest absolute Gasteiger partial charge is 0.308 e. The second-order valence-corrected chi connectivity index (χ2v) is 7.60. The number of nitrogens with zero attached hydrogens (tertiary/aromatic N) is 1. The summed E-state index contributed by atoms with van der Waals surface area (Å²) in [5.74, 6) is 0.970. The highest BCUT2D eigenvalue weighted by Gasteiger charge is 2.51. The Kier molecular flexibility index (Phi) is 3.92. The van der Waals surface area contributed by atoms with Crippen LogP contribution in [0.3, 0.4) is 0 Å². The highest BCUT2D eigenvalue weighted by Crippen LogP contribution is 2.46. The molecular weight excluding hydrogens is 232 g/mol. The van der Waals surface area contributed by atoms with Crippen LogP contribution in [0, 0.1) is 5.92 Å². The van der Waals surface area contributed by atoms with Gasteiger partial charge in [0, 0.05) is 24.2 Å². The van der Waals surface area contributed by atoms with Gasteiger partial charge < -0.3 is 5.32 Å².